The van der Waals surface area contributed by atoms with E-state index in [0.717, 1.165) is 0 Å². The maximum Gasteiger partial charge on any atom is 0.339 e. The molecular formula is C18H15NO4S. The van der Waals surface area contributed by atoms with Crippen molar-refractivity contribution in [2.75, 3.05) is 6.61 Å². The largest absolute Gasteiger partial charge is 0.462 e. The molecular weight excluding hydrogens is 326 g/mol. The highest BCUT2D eigenvalue weighted by Gasteiger charge is 2.13. The Labute approximate surface area is 141 Å². The third-order valence-corrected chi connectivity index (χ3v) is 4.46. The van der Waals surface area contributed by atoms with Crippen LogP contribution in [0, 0.1) is 0 Å². The number of nitrogens with one attached hydrogen (secondary N) is 1. The SMILES string of the molecule is O=C(CCCOC(=O)c1cc(=O)[nH]c2ccccc12)c1cccs1. The molecule has 1 aromatic carbocycles. The number of aromatic nitrogens is 1. The molecule has 0 bridgehead atoms. The summed E-state index contributed by atoms with van der Waals surface area (Å²) in [6.07, 6.45) is 0.771. The fourth-order valence-corrected chi connectivity index (χ4v) is 3.10. The normalized spacial score (nSPS) is 10.7. The predicted molar refractivity (Wildman–Crippen MR) is 92.7 cm³/mol. The van der Waals surface area contributed by atoms with Gasteiger partial charge in [0.1, 0.15) is 0 Å². The molecule has 0 radical (unpaired) electrons. The van der Waals surface area contributed by atoms with Gasteiger partial charge >= 0.3 is 5.97 Å². The molecule has 0 saturated carbocycles. The van der Waals surface area contributed by atoms with Crippen molar-refractivity contribution in [3.8, 4) is 0 Å². The van der Waals surface area contributed by atoms with Gasteiger partial charge in [-0.25, -0.2) is 4.79 Å². The van der Waals surface area contributed by atoms with Gasteiger partial charge < -0.3 is 9.72 Å². The van der Waals surface area contributed by atoms with Gasteiger partial charge in [-0.3, -0.25) is 9.59 Å². The van der Waals surface area contributed by atoms with Crippen molar-refractivity contribution in [3.05, 3.63) is 68.6 Å². The van der Waals surface area contributed by atoms with Gasteiger partial charge in [0, 0.05) is 23.4 Å². The average Bonchev–Trinajstić information content (AvgIpc) is 3.12. The van der Waals surface area contributed by atoms with E-state index in [0.29, 0.717) is 28.6 Å². The Morgan fingerprint density at radius 3 is 2.75 bits per heavy atom. The van der Waals surface area contributed by atoms with Crippen LogP contribution in [0.1, 0.15) is 32.9 Å². The molecule has 2 aromatic heterocycles. The van der Waals surface area contributed by atoms with Gasteiger partial charge in [-0.15, -0.1) is 11.3 Å². The number of ether oxygens (including phenoxy) is 1. The predicted octanol–water partition coefficient (Wildman–Crippen LogP) is 3.41. The summed E-state index contributed by atoms with van der Waals surface area (Å²) in [5.41, 5.74) is 0.470. The fourth-order valence-electron chi connectivity index (χ4n) is 2.41. The number of aromatic amines is 1. The first-order valence-corrected chi connectivity index (χ1v) is 8.39. The Hall–Kier alpha value is -2.73. The monoisotopic (exact) mass is 341 g/mol. The first kappa shape index (κ1) is 16.1. The molecule has 6 heteroatoms. The molecule has 0 aliphatic carbocycles. The number of carbonyl (C=O) groups excluding carboxylic acids is 2. The lowest BCUT2D eigenvalue weighted by atomic mass is 10.1. The smallest absolute Gasteiger partial charge is 0.339 e. The Balaban J connectivity index is 1.62. The number of thiophene rings is 1. The van der Waals surface area contributed by atoms with Crippen molar-refractivity contribution in [1.82, 2.24) is 4.98 Å². The highest BCUT2D eigenvalue weighted by Crippen LogP contribution is 2.16. The van der Waals surface area contributed by atoms with Crippen molar-refractivity contribution in [2.45, 2.75) is 12.8 Å². The molecule has 0 spiro atoms. The van der Waals surface area contributed by atoms with E-state index in [4.69, 9.17) is 4.74 Å². The molecule has 0 saturated heterocycles. The lowest BCUT2D eigenvalue weighted by molar-refractivity contribution is 0.0496. The number of hydrogen-bond donors (Lipinski definition) is 1. The Kier molecular flexibility index (Phi) is 4.86. The molecule has 0 aliphatic heterocycles. The minimum Gasteiger partial charge on any atom is -0.462 e. The summed E-state index contributed by atoms with van der Waals surface area (Å²) in [5, 5.41) is 2.49. The van der Waals surface area contributed by atoms with Crippen LogP contribution < -0.4 is 5.56 Å². The number of hydrogen-bond acceptors (Lipinski definition) is 5. The molecule has 5 nitrogen and oxygen atoms in total. The molecule has 3 rings (SSSR count). The third-order valence-electron chi connectivity index (χ3n) is 3.55. The molecule has 0 aliphatic rings. The van der Waals surface area contributed by atoms with Gasteiger partial charge in [0.05, 0.1) is 17.0 Å². The first-order valence-electron chi connectivity index (χ1n) is 7.51. The molecule has 2 heterocycles. The van der Waals surface area contributed by atoms with E-state index in [1.807, 2.05) is 11.4 Å². The number of esters is 1. The summed E-state index contributed by atoms with van der Waals surface area (Å²) in [6.45, 7) is 0.136. The summed E-state index contributed by atoms with van der Waals surface area (Å²) in [6, 6.07) is 11.9. The van der Waals surface area contributed by atoms with Crippen LogP contribution in [0.5, 0.6) is 0 Å². The molecule has 3 aromatic rings. The summed E-state index contributed by atoms with van der Waals surface area (Å²) in [5.74, 6) is -0.511. The number of ketones is 1. The van der Waals surface area contributed by atoms with E-state index in [-0.39, 0.29) is 23.5 Å². The van der Waals surface area contributed by atoms with Crippen LogP contribution in [0.25, 0.3) is 10.9 Å². The minimum atomic E-state index is -0.555. The zero-order valence-corrected chi connectivity index (χ0v) is 13.6. The third kappa shape index (κ3) is 3.60. The van der Waals surface area contributed by atoms with Gasteiger partial charge in [-0.05, 0) is 23.9 Å². The zero-order chi connectivity index (χ0) is 16.9. The molecule has 1 N–H and O–H groups in total. The van der Waals surface area contributed by atoms with Crippen molar-refractivity contribution >= 4 is 34.0 Å². The maximum absolute atomic E-state index is 12.2. The number of carbonyl (C=O) groups is 2. The van der Waals surface area contributed by atoms with Crippen LogP contribution in [0.15, 0.2) is 52.6 Å². The number of fused-ring (bicyclic) bond motifs is 1. The van der Waals surface area contributed by atoms with E-state index in [1.54, 1.807) is 30.3 Å². The van der Waals surface area contributed by atoms with Crippen LogP contribution in [0.4, 0.5) is 0 Å². The van der Waals surface area contributed by atoms with Crippen molar-refractivity contribution in [3.63, 3.8) is 0 Å². The number of Topliss-reactive ketones (excluding diaryl/α,β-unsaturated/α-hetero) is 1. The van der Waals surface area contributed by atoms with Crippen molar-refractivity contribution in [2.24, 2.45) is 0 Å². The number of para-hydroxylation sites is 1. The highest BCUT2D eigenvalue weighted by molar-refractivity contribution is 7.12. The van der Waals surface area contributed by atoms with Gasteiger partial charge in [-0.1, -0.05) is 24.3 Å². The minimum absolute atomic E-state index is 0.0441. The van der Waals surface area contributed by atoms with Crippen LogP contribution in [0.3, 0.4) is 0 Å². The van der Waals surface area contributed by atoms with Crippen LogP contribution in [-0.4, -0.2) is 23.3 Å². The molecule has 122 valence electrons. The quantitative estimate of drug-likeness (QED) is 0.423. The fraction of sp³-hybridized carbons (Fsp3) is 0.167. The van der Waals surface area contributed by atoms with E-state index in [2.05, 4.69) is 4.98 Å². The Bertz CT molecular complexity index is 928. The molecule has 24 heavy (non-hydrogen) atoms. The maximum atomic E-state index is 12.2. The van der Waals surface area contributed by atoms with E-state index in [9.17, 15) is 14.4 Å². The second kappa shape index (κ2) is 7.23. The number of pyridine rings is 1. The van der Waals surface area contributed by atoms with E-state index < -0.39 is 5.97 Å². The second-order valence-electron chi connectivity index (χ2n) is 5.23. The van der Waals surface area contributed by atoms with Gasteiger partial charge in [0.25, 0.3) is 0 Å². The first-order chi connectivity index (χ1) is 11.6. The number of H-pyrrole nitrogens is 1. The lowest BCUT2D eigenvalue weighted by Gasteiger charge is -2.07. The molecule has 0 atom stereocenters. The van der Waals surface area contributed by atoms with Gasteiger partial charge in [-0.2, -0.15) is 0 Å². The van der Waals surface area contributed by atoms with Crippen molar-refractivity contribution < 1.29 is 14.3 Å². The van der Waals surface area contributed by atoms with E-state index >= 15 is 0 Å². The molecule has 0 amide bonds. The summed E-state index contributed by atoms with van der Waals surface area (Å²) in [4.78, 5) is 39.1. The average molecular weight is 341 g/mol. The van der Waals surface area contributed by atoms with Crippen molar-refractivity contribution in [1.29, 1.82) is 0 Å². The number of benzene rings is 1. The molecule has 0 fully saturated rings. The van der Waals surface area contributed by atoms with Crippen LogP contribution >= 0.6 is 11.3 Å². The van der Waals surface area contributed by atoms with Crippen LogP contribution in [-0.2, 0) is 4.74 Å². The van der Waals surface area contributed by atoms with E-state index in [1.165, 1.54) is 17.4 Å². The lowest BCUT2D eigenvalue weighted by Crippen LogP contribution is -2.13. The summed E-state index contributed by atoms with van der Waals surface area (Å²) in [7, 11) is 0. The highest BCUT2D eigenvalue weighted by atomic mass is 32.1. The standard InChI is InChI=1S/C18H15NO4S/c20-15(16-8-4-10-24-16)7-3-9-23-18(22)13-11-17(21)19-14-6-2-1-5-12(13)14/h1-2,4-6,8,10-11H,3,7,9H2,(H,19,21). The Morgan fingerprint density at radius 2 is 1.96 bits per heavy atom. The second-order valence-corrected chi connectivity index (χ2v) is 6.18. The summed E-state index contributed by atoms with van der Waals surface area (Å²) < 4.78 is 5.22. The Morgan fingerprint density at radius 1 is 1.12 bits per heavy atom. The molecule has 0 unspecified atom stereocenters. The topological polar surface area (TPSA) is 76.2 Å². The zero-order valence-electron chi connectivity index (χ0n) is 12.8. The summed E-state index contributed by atoms with van der Waals surface area (Å²) >= 11 is 1.40. The van der Waals surface area contributed by atoms with Gasteiger partial charge in [0.15, 0.2) is 5.78 Å². The van der Waals surface area contributed by atoms with Crippen LogP contribution in [0.2, 0.25) is 0 Å². The van der Waals surface area contributed by atoms with Gasteiger partial charge in [0.2, 0.25) is 5.56 Å². The number of rotatable bonds is 6.